The van der Waals surface area contributed by atoms with E-state index in [1.54, 1.807) is 42.3 Å². The van der Waals surface area contributed by atoms with Gasteiger partial charge < -0.3 is 15.0 Å². The molecular formula is C23H23N5O5S2. The van der Waals surface area contributed by atoms with Crippen LogP contribution in [0, 0.1) is 0 Å². The Hall–Kier alpha value is -3.51. The summed E-state index contributed by atoms with van der Waals surface area (Å²) in [4.78, 5) is 59.5. The third-order valence-electron chi connectivity index (χ3n) is 5.48. The molecule has 1 N–H and O–H groups in total. The summed E-state index contributed by atoms with van der Waals surface area (Å²) in [5.41, 5.74) is 0.0709. The van der Waals surface area contributed by atoms with E-state index in [4.69, 9.17) is 17.0 Å². The Morgan fingerprint density at radius 3 is 2.91 bits per heavy atom. The number of rotatable bonds is 7. The Morgan fingerprint density at radius 2 is 2.17 bits per heavy atom. The highest BCUT2D eigenvalue weighted by molar-refractivity contribution is 8.26. The number of fused-ring (bicyclic) bond motifs is 1. The van der Waals surface area contributed by atoms with Gasteiger partial charge in [-0.2, -0.15) is 0 Å². The highest BCUT2D eigenvalue weighted by atomic mass is 32.2. The molecule has 35 heavy (non-hydrogen) atoms. The number of carbonyl (C=O) groups is 3. The van der Waals surface area contributed by atoms with Crippen LogP contribution in [0.4, 0.5) is 5.82 Å². The Labute approximate surface area is 210 Å². The molecule has 2 saturated heterocycles. The predicted molar refractivity (Wildman–Crippen MR) is 137 cm³/mol. The molecule has 2 fully saturated rings. The fourth-order valence-corrected chi connectivity index (χ4v) is 5.16. The van der Waals surface area contributed by atoms with E-state index in [2.05, 4.69) is 16.9 Å². The summed E-state index contributed by atoms with van der Waals surface area (Å²) in [5, 5.41) is 2.75. The second-order valence-electron chi connectivity index (χ2n) is 7.67. The second kappa shape index (κ2) is 10.4. The van der Waals surface area contributed by atoms with E-state index in [0.29, 0.717) is 23.1 Å². The average Bonchev–Trinajstić information content (AvgIpc) is 3.10. The molecule has 182 valence electrons. The Bertz CT molecular complexity index is 1320. The summed E-state index contributed by atoms with van der Waals surface area (Å²) < 4.78 is 6.77. The number of thiocarbonyl (C=S) groups is 1. The van der Waals surface area contributed by atoms with Crippen LogP contribution >= 0.6 is 24.0 Å². The molecule has 0 radical (unpaired) electrons. The summed E-state index contributed by atoms with van der Waals surface area (Å²) in [6, 6.07) is 4.18. The molecule has 2 aromatic heterocycles. The van der Waals surface area contributed by atoms with Gasteiger partial charge >= 0.3 is 5.97 Å². The minimum atomic E-state index is -0.928. The molecule has 2 aliphatic rings. The monoisotopic (exact) mass is 513 g/mol. The molecule has 2 aromatic rings. The van der Waals surface area contributed by atoms with Crippen LogP contribution in [0.25, 0.3) is 11.7 Å². The van der Waals surface area contributed by atoms with Crippen molar-refractivity contribution in [2.45, 2.75) is 19.4 Å². The standard InChI is InChI=1S/C23H23N5O5S2/c1-3-9-28-22(32)16(35-23(28)34)12-14-19(25-17-7-5-6-10-27(17)21(14)31)26-11-8-24-20(30)15(26)13-18(29)33-4-2/h3,5-7,10,12,15H,1,4,8-9,11,13H2,2H3,(H,24,30)/b16-12-/t15-/m0/s1. The van der Waals surface area contributed by atoms with Gasteiger partial charge in [-0.05, 0) is 25.1 Å². The number of piperazine rings is 1. The van der Waals surface area contributed by atoms with Crippen LogP contribution in [0.15, 0.2) is 46.8 Å². The van der Waals surface area contributed by atoms with Crippen molar-refractivity contribution < 1.29 is 19.1 Å². The number of hydrogen-bond acceptors (Lipinski definition) is 9. The van der Waals surface area contributed by atoms with Gasteiger partial charge in [0.25, 0.3) is 11.5 Å². The highest BCUT2D eigenvalue weighted by Crippen LogP contribution is 2.34. The van der Waals surface area contributed by atoms with Crippen molar-refractivity contribution in [2.24, 2.45) is 0 Å². The summed E-state index contributed by atoms with van der Waals surface area (Å²) in [6.45, 7) is 6.37. The number of hydrogen-bond donors (Lipinski definition) is 1. The maximum Gasteiger partial charge on any atom is 0.308 e. The maximum atomic E-state index is 13.6. The minimum Gasteiger partial charge on any atom is -0.466 e. The molecule has 4 heterocycles. The van der Waals surface area contributed by atoms with Crippen molar-refractivity contribution in [3.8, 4) is 0 Å². The molecule has 0 aliphatic carbocycles. The van der Waals surface area contributed by atoms with Crippen LogP contribution in [0.3, 0.4) is 0 Å². The number of esters is 1. The van der Waals surface area contributed by atoms with Gasteiger partial charge in [0.05, 0.1) is 23.5 Å². The number of nitrogens with zero attached hydrogens (tertiary/aromatic N) is 4. The van der Waals surface area contributed by atoms with E-state index in [0.717, 1.165) is 11.8 Å². The molecule has 0 aromatic carbocycles. The largest absolute Gasteiger partial charge is 0.466 e. The average molecular weight is 514 g/mol. The molecule has 0 spiro atoms. The van der Waals surface area contributed by atoms with Gasteiger partial charge in [-0.25, -0.2) is 4.98 Å². The SMILES string of the molecule is C=CCN1C(=O)/C(=C/c2c(N3CCNC(=O)[C@@H]3CC(=O)OCC)nc3ccccn3c2=O)SC1=S. The Morgan fingerprint density at radius 1 is 1.37 bits per heavy atom. The third-order valence-corrected chi connectivity index (χ3v) is 6.86. The molecule has 10 nitrogen and oxygen atoms in total. The lowest BCUT2D eigenvalue weighted by Gasteiger charge is -2.36. The molecule has 2 amide bonds. The lowest BCUT2D eigenvalue weighted by Crippen LogP contribution is -2.57. The van der Waals surface area contributed by atoms with Crippen LogP contribution in [0.1, 0.15) is 18.9 Å². The molecule has 2 aliphatic heterocycles. The van der Waals surface area contributed by atoms with E-state index in [1.807, 2.05) is 0 Å². The molecule has 4 rings (SSSR count). The van der Waals surface area contributed by atoms with Gasteiger partial charge in [-0.15, -0.1) is 6.58 Å². The quantitative estimate of drug-likeness (QED) is 0.254. The second-order valence-corrected chi connectivity index (χ2v) is 9.35. The number of nitrogens with one attached hydrogen (secondary N) is 1. The normalized spacial score (nSPS) is 19.4. The van der Waals surface area contributed by atoms with Crippen molar-refractivity contribution in [3.05, 3.63) is 57.9 Å². The number of amides is 2. The zero-order chi connectivity index (χ0) is 25.1. The molecule has 0 saturated carbocycles. The number of anilines is 1. The van der Waals surface area contributed by atoms with Gasteiger partial charge in [-0.3, -0.25) is 28.5 Å². The number of thioether (sulfide) groups is 1. The van der Waals surface area contributed by atoms with Crippen LogP contribution in [0.2, 0.25) is 0 Å². The number of ether oxygens (including phenoxy) is 1. The van der Waals surface area contributed by atoms with E-state index in [-0.39, 0.29) is 47.7 Å². The summed E-state index contributed by atoms with van der Waals surface area (Å²) in [6.07, 6.45) is 4.39. The van der Waals surface area contributed by atoms with Gasteiger partial charge in [0.2, 0.25) is 5.91 Å². The smallest absolute Gasteiger partial charge is 0.308 e. The number of aromatic nitrogens is 2. The lowest BCUT2D eigenvalue weighted by atomic mass is 10.1. The number of pyridine rings is 1. The molecule has 0 bridgehead atoms. The van der Waals surface area contributed by atoms with Gasteiger partial charge in [-0.1, -0.05) is 36.1 Å². The van der Waals surface area contributed by atoms with Crippen LogP contribution in [-0.2, 0) is 19.1 Å². The lowest BCUT2D eigenvalue weighted by molar-refractivity contribution is -0.145. The van der Waals surface area contributed by atoms with Crippen molar-refractivity contribution in [1.82, 2.24) is 19.6 Å². The first-order valence-electron chi connectivity index (χ1n) is 10.9. The first-order valence-corrected chi connectivity index (χ1v) is 12.2. The minimum absolute atomic E-state index is 0.122. The summed E-state index contributed by atoms with van der Waals surface area (Å²) in [5.74, 6) is -1.05. The van der Waals surface area contributed by atoms with Crippen LogP contribution < -0.4 is 15.8 Å². The van der Waals surface area contributed by atoms with E-state index < -0.39 is 17.6 Å². The van der Waals surface area contributed by atoms with Gasteiger partial charge in [0, 0.05) is 25.8 Å². The first-order chi connectivity index (χ1) is 16.8. The summed E-state index contributed by atoms with van der Waals surface area (Å²) in [7, 11) is 0. The highest BCUT2D eigenvalue weighted by Gasteiger charge is 2.36. The topological polar surface area (TPSA) is 113 Å². The molecule has 12 heteroatoms. The van der Waals surface area contributed by atoms with Crippen molar-refractivity contribution in [2.75, 3.05) is 31.1 Å². The fraction of sp³-hybridized carbons (Fsp3) is 0.304. The van der Waals surface area contributed by atoms with Crippen molar-refractivity contribution >= 4 is 63.6 Å². The zero-order valence-electron chi connectivity index (χ0n) is 18.9. The fourth-order valence-electron chi connectivity index (χ4n) is 3.90. The molecule has 0 unspecified atom stereocenters. The first kappa shape index (κ1) is 24.6. The van der Waals surface area contributed by atoms with E-state index in [9.17, 15) is 19.2 Å². The predicted octanol–water partition coefficient (Wildman–Crippen LogP) is 1.34. The van der Waals surface area contributed by atoms with Crippen LogP contribution in [-0.4, -0.2) is 68.7 Å². The summed E-state index contributed by atoms with van der Waals surface area (Å²) >= 11 is 6.39. The van der Waals surface area contributed by atoms with Gasteiger partial charge in [0.1, 0.15) is 21.8 Å². The van der Waals surface area contributed by atoms with E-state index in [1.165, 1.54) is 15.4 Å². The number of carbonyl (C=O) groups excluding carboxylic acids is 3. The molecule has 1 atom stereocenters. The maximum absolute atomic E-state index is 13.6. The molecular weight excluding hydrogens is 490 g/mol. The van der Waals surface area contributed by atoms with Crippen molar-refractivity contribution in [1.29, 1.82) is 0 Å². The Balaban J connectivity index is 1.87. The third kappa shape index (κ3) is 4.84. The van der Waals surface area contributed by atoms with E-state index >= 15 is 0 Å². The van der Waals surface area contributed by atoms with Crippen molar-refractivity contribution in [3.63, 3.8) is 0 Å². The van der Waals surface area contributed by atoms with Crippen LogP contribution in [0.5, 0.6) is 0 Å². The Kier molecular flexibility index (Phi) is 7.31. The zero-order valence-corrected chi connectivity index (χ0v) is 20.6. The van der Waals surface area contributed by atoms with Gasteiger partial charge in [0.15, 0.2) is 0 Å².